The molecule has 0 aliphatic carbocycles. The Hall–Kier alpha value is -5.11. The molecule has 0 unspecified atom stereocenters. The monoisotopic (exact) mass is 1140 g/mol. The minimum Gasteiger partial charge on any atom is -0.481 e. The molecule has 24 nitrogen and oxygen atoms in total. The van der Waals surface area contributed by atoms with Gasteiger partial charge >= 0.3 is 11.9 Å². The Balaban J connectivity index is 1.99. The van der Waals surface area contributed by atoms with Gasteiger partial charge in [0.15, 0.2) is 21.4 Å². The van der Waals surface area contributed by atoms with Crippen molar-refractivity contribution in [2.45, 2.75) is 193 Å². The molecule has 3 atom stereocenters. The van der Waals surface area contributed by atoms with Crippen molar-refractivity contribution < 1.29 is 80.7 Å². The number of aliphatic carboxylic acids is 2. The SMILES string of the molecule is CC(=O)[C@@H](C)CCCCNC(=O)CC[C@H](NC(=O)CC[C@H](CC(=O)COCCOCCNC(=O)COCCOCCCC(=O)CCCS(=O)(=O)CC(=O)CCCCCCCCCCCCCCCc1nn[nH]n1)C(=O)O)C(=O)O. The minimum absolute atomic E-state index is 0.00984. The van der Waals surface area contributed by atoms with Gasteiger partial charge in [-0.25, -0.2) is 13.2 Å². The average molecular weight is 1140 g/mol. The number of hydrogen-bond donors (Lipinski definition) is 6. The van der Waals surface area contributed by atoms with Gasteiger partial charge in [0, 0.05) is 70.6 Å². The molecule has 0 spiro atoms. The number of rotatable bonds is 56. The number of ether oxygens (including phenoxy) is 4. The molecule has 0 saturated heterocycles. The fraction of sp³-hybridized carbons (Fsp3) is 0.815. The van der Waals surface area contributed by atoms with Crippen LogP contribution in [-0.2, 0) is 78.4 Å². The summed E-state index contributed by atoms with van der Waals surface area (Å²) in [5.74, 6) is -6.11. The highest BCUT2D eigenvalue weighted by atomic mass is 32.2. The van der Waals surface area contributed by atoms with Crippen LogP contribution in [0.15, 0.2) is 0 Å². The summed E-state index contributed by atoms with van der Waals surface area (Å²) < 4.78 is 46.3. The fourth-order valence-electron chi connectivity index (χ4n) is 8.16. The van der Waals surface area contributed by atoms with Gasteiger partial charge in [-0.15, -0.1) is 10.2 Å². The van der Waals surface area contributed by atoms with Crippen LogP contribution in [0.4, 0.5) is 0 Å². The third-order valence-electron chi connectivity index (χ3n) is 13.0. The molecule has 6 N–H and O–H groups in total. The van der Waals surface area contributed by atoms with Gasteiger partial charge in [-0.05, 0) is 58.3 Å². The Morgan fingerprint density at radius 2 is 1.11 bits per heavy atom. The van der Waals surface area contributed by atoms with Crippen LogP contribution in [0, 0.1) is 11.8 Å². The number of ketones is 4. The summed E-state index contributed by atoms with van der Waals surface area (Å²) in [6.07, 6.45) is 17.6. The standard InChI is InChI=1S/C54H93N7O17S/c1-42(43(2)62)20-16-17-29-55-50(66)28-26-48(54(71)72)57-51(67)27-25-44(53(69)70)38-47(65)39-77-35-34-76-32-30-56-52(68)40-78-36-33-75-31-18-22-45(63)23-19-37-79(73,74)41-46(64)21-14-12-10-8-6-4-3-5-7-9-11-13-15-24-49-58-60-61-59-49/h42,44,48H,3-41H2,1-2H3,(H,55,66)(H,56,68)(H,57,67)(H,69,70)(H,71,72)(H,58,59,60,61)/t42-,44+,48-/m0/s1. The Morgan fingerprint density at radius 3 is 1.73 bits per heavy atom. The molecule has 79 heavy (non-hydrogen) atoms. The summed E-state index contributed by atoms with van der Waals surface area (Å²) in [4.78, 5) is 108. The van der Waals surface area contributed by atoms with Crippen molar-refractivity contribution >= 4 is 62.6 Å². The van der Waals surface area contributed by atoms with Crippen molar-refractivity contribution in [3.63, 3.8) is 0 Å². The second kappa shape index (κ2) is 46.6. The topological polar surface area (TPSA) is 356 Å². The van der Waals surface area contributed by atoms with Crippen LogP contribution in [0.3, 0.4) is 0 Å². The molecule has 0 fully saturated rings. The van der Waals surface area contributed by atoms with Gasteiger partial charge in [-0.1, -0.05) is 89.2 Å². The van der Waals surface area contributed by atoms with Crippen molar-refractivity contribution in [2.75, 3.05) is 77.5 Å². The van der Waals surface area contributed by atoms with Gasteiger partial charge < -0.3 is 45.1 Å². The maximum atomic E-state index is 12.5. The Labute approximate surface area is 466 Å². The highest BCUT2D eigenvalue weighted by Gasteiger charge is 2.25. The smallest absolute Gasteiger partial charge is 0.326 e. The molecule has 0 bridgehead atoms. The van der Waals surface area contributed by atoms with Crippen LogP contribution < -0.4 is 16.0 Å². The number of aromatic nitrogens is 4. The van der Waals surface area contributed by atoms with Gasteiger partial charge in [0.2, 0.25) is 17.7 Å². The predicted octanol–water partition coefficient (Wildman–Crippen LogP) is 4.80. The van der Waals surface area contributed by atoms with Gasteiger partial charge in [0.25, 0.3) is 0 Å². The molecule has 1 rings (SSSR count). The maximum absolute atomic E-state index is 12.5. The van der Waals surface area contributed by atoms with E-state index in [-0.39, 0.29) is 145 Å². The normalized spacial score (nSPS) is 12.6. The molecular formula is C54H93N7O17S. The van der Waals surface area contributed by atoms with E-state index < -0.39 is 64.2 Å². The number of Topliss-reactive ketones (excluding diaryl/α,β-unsaturated/α-hetero) is 4. The number of carbonyl (C=O) groups is 9. The van der Waals surface area contributed by atoms with Crippen LogP contribution in [0.2, 0.25) is 0 Å². The van der Waals surface area contributed by atoms with E-state index in [9.17, 15) is 61.8 Å². The van der Waals surface area contributed by atoms with Crippen molar-refractivity contribution in [2.24, 2.45) is 11.8 Å². The van der Waals surface area contributed by atoms with E-state index in [2.05, 4.69) is 36.6 Å². The van der Waals surface area contributed by atoms with Crippen LogP contribution >= 0.6 is 0 Å². The molecule has 452 valence electrons. The Bertz CT molecular complexity index is 2010. The lowest BCUT2D eigenvalue weighted by Crippen LogP contribution is -2.42. The number of aryl methyl sites for hydroxylation is 1. The lowest BCUT2D eigenvalue weighted by Gasteiger charge is -2.16. The van der Waals surface area contributed by atoms with Crippen LogP contribution in [0.5, 0.6) is 0 Å². The number of H-pyrrole nitrogens is 1. The molecule has 0 saturated carbocycles. The van der Waals surface area contributed by atoms with E-state index >= 15 is 0 Å². The number of tetrazole rings is 1. The quantitative estimate of drug-likeness (QED) is 0.0477. The molecule has 0 aliphatic rings. The Morgan fingerprint density at radius 1 is 0.544 bits per heavy atom. The average Bonchev–Trinajstić information content (AvgIpc) is 3.92. The second-order valence-corrected chi connectivity index (χ2v) is 22.3. The van der Waals surface area contributed by atoms with E-state index in [4.69, 9.17) is 18.9 Å². The molecule has 0 aliphatic heterocycles. The van der Waals surface area contributed by atoms with Crippen LogP contribution in [0.25, 0.3) is 0 Å². The van der Waals surface area contributed by atoms with E-state index in [0.717, 1.165) is 44.3 Å². The van der Waals surface area contributed by atoms with Crippen LogP contribution in [-0.4, -0.2) is 176 Å². The minimum atomic E-state index is -3.57. The van der Waals surface area contributed by atoms with Crippen molar-refractivity contribution in [3.8, 4) is 0 Å². The summed E-state index contributed by atoms with van der Waals surface area (Å²) in [5, 5.41) is 40.7. The number of carboxylic acids is 2. The first-order chi connectivity index (χ1) is 37.9. The third-order valence-corrected chi connectivity index (χ3v) is 14.7. The van der Waals surface area contributed by atoms with Gasteiger partial charge in [0.1, 0.15) is 42.4 Å². The number of sulfone groups is 1. The van der Waals surface area contributed by atoms with Gasteiger partial charge in [0.05, 0.1) is 44.7 Å². The molecule has 1 aromatic rings. The first-order valence-corrected chi connectivity index (χ1v) is 30.3. The van der Waals surface area contributed by atoms with Crippen molar-refractivity contribution in [3.05, 3.63) is 5.82 Å². The number of carboxylic acid groups (broad SMARTS) is 2. The molecule has 3 amide bonds. The first-order valence-electron chi connectivity index (χ1n) is 28.5. The first kappa shape index (κ1) is 71.9. The summed E-state index contributed by atoms with van der Waals surface area (Å²) in [6.45, 7) is 4.15. The molecule has 25 heteroatoms. The number of nitrogens with one attached hydrogen (secondary N) is 4. The lowest BCUT2D eigenvalue weighted by molar-refractivity contribution is -0.145. The van der Waals surface area contributed by atoms with E-state index in [1.54, 1.807) is 0 Å². The Kier molecular flexibility index (Phi) is 42.4. The summed E-state index contributed by atoms with van der Waals surface area (Å²) in [7, 11) is -3.57. The summed E-state index contributed by atoms with van der Waals surface area (Å²) >= 11 is 0. The van der Waals surface area contributed by atoms with E-state index in [1.165, 1.54) is 58.3 Å². The van der Waals surface area contributed by atoms with E-state index in [0.29, 0.717) is 32.2 Å². The zero-order valence-corrected chi connectivity index (χ0v) is 47.9. The highest BCUT2D eigenvalue weighted by Crippen LogP contribution is 2.16. The zero-order chi connectivity index (χ0) is 58.4. The summed E-state index contributed by atoms with van der Waals surface area (Å²) in [6, 6.07) is -1.37. The van der Waals surface area contributed by atoms with Crippen molar-refractivity contribution in [1.29, 1.82) is 0 Å². The fourth-order valence-corrected chi connectivity index (χ4v) is 9.53. The molecule has 1 aromatic heterocycles. The number of hydrogen-bond acceptors (Lipinski definition) is 18. The summed E-state index contributed by atoms with van der Waals surface area (Å²) in [5.41, 5.74) is 0. The maximum Gasteiger partial charge on any atom is 0.326 e. The van der Waals surface area contributed by atoms with E-state index in [1.807, 2.05) is 6.92 Å². The second-order valence-electron chi connectivity index (χ2n) is 20.2. The number of nitrogens with zero attached hydrogens (tertiary/aromatic N) is 3. The van der Waals surface area contributed by atoms with Gasteiger partial charge in [-0.3, -0.25) is 38.4 Å². The third kappa shape index (κ3) is 43.4. The molecular weight excluding hydrogens is 1050 g/mol. The van der Waals surface area contributed by atoms with Crippen molar-refractivity contribution in [1.82, 2.24) is 36.6 Å². The number of carbonyl (C=O) groups excluding carboxylic acids is 7. The number of amides is 3. The number of aromatic amines is 1. The zero-order valence-electron chi connectivity index (χ0n) is 47.1. The predicted molar refractivity (Wildman–Crippen MR) is 291 cm³/mol. The van der Waals surface area contributed by atoms with Crippen LogP contribution in [0.1, 0.15) is 187 Å². The largest absolute Gasteiger partial charge is 0.481 e. The van der Waals surface area contributed by atoms with Gasteiger partial charge in [-0.2, -0.15) is 5.21 Å². The number of unbranched alkanes of at least 4 members (excludes halogenated alkanes) is 13. The molecule has 0 aromatic carbocycles. The molecule has 0 radical (unpaired) electrons. The lowest BCUT2D eigenvalue weighted by atomic mass is 9.97. The highest BCUT2D eigenvalue weighted by molar-refractivity contribution is 7.92. The molecule has 1 heterocycles.